The summed E-state index contributed by atoms with van der Waals surface area (Å²) in [5.41, 5.74) is 2.04. The van der Waals surface area contributed by atoms with Crippen LogP contribution in [0, 0.1) is 11.3 Å². The molecule has 3 aromatic rings. The lowest BCUT2D eigenvalue weighted by Gasteiger charge is -2.18. The summed E-state index contributed by atoms with van der Waals surface area (Å²) in [6.07, 6.45) is 0. The Kier molecular flexibility index (Phi) is 4.26. The monoisotopic (exact) mass is 321 g/mol. The number of allylic oxidation sites excluding steroid dienone is 1. The summed E-state index contributed by atoms with van der Waals surface area (Å²) >= 11 is 1.41. The predicted molar refractivity (Wildman–Crippen MR) is 94.5 cm³/mol. The largest absolute Gasteiger partial charge is 0.509 e. The normalized spacial score (nSPS) is 11.8. The quantitative estimate of drug-likeness (QED) is 0.577. The van der Waals surface area contributed by atoms with Gasteiger partial charge in [-0.25, -0.2) is 4.98 Å². The number of thiazole rings is 1. The van der Waals surface area contributed by atoms with E-state index in [2.05, 4.69) is 11.1 Å². The molecule has 3 rings (SSSR count). The highest BCUT2D eigenvalue weighted by Crippen LogP contribution is 2.28. The third-order valence-electron chi connectivity index (χ3n) is 3.49. The molecule has 0 aliphatic heterocycles. The summed E-state index contributed by atoms with van der Waals surface area (Å²) in [4.78, 5) is 6.33. The zero-order valence-corrected chi connectivity index (χ0v) is 13.4. The molecule has 0 spiro atoms. The topological polar surface area (TPSA) is 60.1 Å². The molecule has 0 aliphatic rings. The number of benzene rings is 2. The van der Waals surface area contributed by atoms with Crippen LogP contribution in [0.25, 0.3) is 15.8 Å². The van der Waals surface area contributed by atoms with Gasteiger partial charge in [-0.15, -0.1) is 11.3 Å². The molecule has 0 saturated heterocycles. The minimum atomic E-state index is 0.0258. The average Bonchev–Trinajstić information content (AvgIpc) is 2.99. The number of nitriles is 1. The van der Waals surface area contributed by atoms with Gasteiger partial charge in [0.1, 0.15) is 22.4 Å². The van der Waals surface area contributed by atoms with Gasteiger partial charge in [-0.3, -0.25) is 0 Å². The van der Waals surface area contributed by atoms with Crippen LogP contribution in [0.3, 0.4) is 0 Å². The van der Waals surface area contributed by atoms with Gasteiger partial charge in [0.15, 0.2) is 0 Å². The Hall–Kier alpha value is -2.84. The fraction of sp³-hybridized carbons (Fsp3) is 0.111. The molecule has 1 aromatic heterocycles. The number of anilines is 1. The molecule has 0 radical (unpaired) electrons. The van der Waals surface area contributed by atoms with E-state index < -0.39 is 0 Å². The second-order valence-electron chi connectivity index (χ2n) is 5.11. The van der Waals surface area contributed by atoms with Gasteiger partial charge in [0.2, 0.25) is 0 Å². The van der Waals surface area contributed by atoms with E-state index in [1.807, 2.05) is 66.5 Å². The molecule has 0 bridgehead atoms. The molecule has 0 fully saturated rings. The number of aliphatic hydroxyl groups is 1. The maximum atomic E-state index is 10.4. The highest BCUT2D eigenvalue weighted by Gasteiger charge is 2.15. The molecule has 0 aliphatic carbocycles. The summed E-state index contributed by atoms with van der Waals surface area (Å²) < 4.78 is 1.000. The molecule has 1 heterocycles. The highest BCUT2D eigenvalue weighted by molar-refractivity contribution is 7.19. The first-order chi connectivity index (χ1) is 11.2. The lowest BCUT2D eigenvalue weighted by atomic mass is 10.2. The zero-order valence-electron chi connectivity index (χ0n) is 12.6. The first-order valence-corrected chi connectivity index (χ1v) is 7.95. The Morgan fingerprint density at radius 2 is 1.87 bits per heavy atom. The number of likely N-dealkylation sites (N-methyl/N-ethyl adjacent to an activating group) is 1. The number of hydrogen-bond acceptors (Lipinski definition) is 5. The van der Waals surface area contributed by atoms with Crippen LogP contribution in [-0.4, -0.2) is 23.7 Å². The number of rotatable bonds is 4. The minimum absolute atomic E-state index is 0.0258. The van der Waals surface area contributed by atoms with E-state index in [0.29, 0.717) is 5.01 Å². The molecular weight excluding hydrogens is 306 g/mol. The minimum Gasteiger partial charge on any atom is -0.509 e. The van der Waals surface area contributed by atoms with E-state index in [9.17, 15) is 10.4 Å². The Morgan fingerprint density at radius 3 is 2.57 bits per heavy atom. The van der Waals surface area contributed by atoms with Crippen molar-refractivity contribution in [2.75, 3.05) is 18.5 Å². The van der Waals surface area contributed by atoms with Crippen molar-refractivity contribution in [1.29, 1.82) is 5.26 Å². The summed E-state index contributed by atoms with van der Waals surface area (Å²) in [5.74, 6) is 0.0258. The van der Waals surface area contributed by atoms with E-state index in [0.717, 1.165) is 15.9 Å². The van der Waals surface area contributed by atoms with Gasteiger partial charge in [-0.2, -0.15) is 5.26 Å². The van der Waals surface area contributed by atoms with Gasteiger partial charge in [-0.05, 0) is 24.3 Å². The third kappa shape index (κ3) is 3.17. The summed E-state index contributed by atoms with van der Waals surface area (Å²) in [7, 11) is 1.87. The Labute approximate surface area is 138 Å². The van der Waals surface area contributed by atoms with Gasteiger partial charge in [0.25, 0.3) is 0 Å². The Bertz CT molecular complexity index is 860. The van der Waals surface area contributed by atoms with Gasteiger partial charge in [0, 0.05) is 12.7 Å². The van der Waals surface area contributed by atoms with Crippen molar-refractivity contribution >= 4 is 32.8 Å². The van der Waals surface area contributed by atoms with Crippen molar-refractivity contribution in [3.8, 4) is 6.07 Å². The summed E-state index contributed by atoms with van der Waals surface area (Å²) in [5, 5.41) is 20.4. The van der Waals surface area contributed by atoms with Crippen LogP contribution in [0.15, 0.2) is 60.4 Å². The van der Waals surface area contributed by atoms with Crippen LogP contribution in [0.5, 0.6) is 0 Å². The van der Waals surface area contributed by atoms with E-state index >= 15 is 0 Å². The van der Waals surface area contributed by atoms with Crippen molar-refractivity contribution in [1.82, 2.24) is 4.98 Å². The molecular formula is C18H15N3OS. The van der Waals surface area contributed by atoms with Crippen LogP contribution < -0.4 is 4.90 Å². The van der Waals surface area contributed by atoms with E-state index in [4.69, 9.17) is 0 Å². The third-order valence-corrected chi connectivity index (χ3v) is 4.55. The molecule has 4 nitrogen and oxygen atoms in total. The number of aromatic nitrogens is 1. The molecule has 5 heteroatoms. The van der Waals surface area contributed by atoms with Crippen molar-refractivity contribution in [2.45, 2.75) is 0 Å². The molecule has 114 valence electrons. The second kappa shape index (κ2) is 6.51. The summed E-state index contributed by atoms with van der Waals surface area (Å²) in [6, 6.07) is 19.5. The van der Waals surface area contributed by atoms with Crippen molar-refractivity contribution in [2.24, 2.45) is 0 Å². The maximum absolute atomic E-state index is 10.4. The van der Waals surface area contributed by atoms with Crippen LogP contribution in [0.2, 0.25) is 0 Å². The first kappa shape index (κ1) is 15.1. The number of hydrogen-bond donors (Lipinski definition) is 1. The van der Waals surface area contributed by atoms with Crippen molar-refractivity contribution < 1.29 is 5.11 Å². The van der Waals surface area contributed by atoms with Crippen LogP contribution in [0.4, 0.5) is 5.69 Å². The number of nitrogens with zero attached hydrogens (tertiary/aromatic N) is 3. The SMILES string of the molecule is CN(CC(O)=C(C#N)c1nc2ccccc2s1)c1ccccc1. The van der Waals surface area contributed by atoms with Gasteiger partial charge < -0.3 is 10.0 Å². The predicted octanol–water partition coefficient (Wildman–Crippen LogP) is 4.23. The molecule has 1 N–H and O–H groups in total. The van der Waals surface area contributed by atoms with E-state index in [1.54, 1.807) is 0 Å². The fourth-order valence-corrected chi connectivity index (χ4v) is 3.28. The Morgan fingerprint density at radius 1 is 1.17 bits per heavy atom. The molecule has 2 aromatic carbocycles. The van der Waals surface area contributed by atoms with Gasteiger partial charge in [-0.1, -0.05) is 30.3 Å². The van der Waals surface area contributed by atoms with E-state index in [1.165, 1.54) is 11.3 Å². The molecule has 23 heavy (non-hydrogen) atoms. The fourth-order valence-electron chi connectivity index (χ4n) is 2.29. The number of fused-ring (bicyclic) bond motifs is 1. The molecule has 0 atom stereocenters. The van der Waals surface area contributed by atoms with Crippen LogP contribution in [0.1, 0.15) is 5.01 Å². The second-order valence-corrected chi connectivity index (χ2v) is 6.14. The van der Waals surface area contributed by atoms with E-state index in [-0.39, 0.29) is 17.9 Å². The highest BCUT2D eigenvalue weighted by atomic mass is 32.1. The number of para-hydroxylation sites is 2. The Balaban J connectivity index is 1.92. The van der Waals surface area contributed by atoms with Crippen LogP contribution in [-0.2, 0) is 0 Å². The lowest BCUT2D eigenvalue weighted by Crippen LogP contribution is -2.20. The van der Waals surface area contributed by atoms with Crippen LogP contribution >= 0.6 is 11.3 Å². The smallest absolute Gasteiger partial charge is 0.138 e. The lowest BCUT2D eigenvalue weighted by molar-refractivity contribution is 0.404. The molecule has 0 unspecified atom stereocenters. The standard InChI is InChI=1S/C18H15N3OS/c1-21(13-7-3-2-4-8-13)12-16(22)14(11-19)18-20-15-9-5-6-10-17(15)23-18/h2-10,22H,12H2,1H3. The number of aliphatic hydroxyl groups excluding tert-OH is 1. The zero-order chi connectivity index (χ0) is 16.2. The maximum Gasteiger partial charge on any atom is 0.138 e. The van der Waals surface area contributed by atoms with Crippen molar-refractivity contribution in [3.05, 3.63) is 65.4 Å². The summed E-state index contributed by atoms with van der Waals surface area (Å²) in [6.45, 7) is 0.253. The molecule has 0 amide bonds. The average molecular weight is 321 g/mol. The first-order valence-electron chi connectivity index (χ1n) is 7.13. The van der Waals surface area contributed by atoms with Gasteiger partial charge >= 0.3 is 0 Å². The van der Waals surface area contributed by atoms with Crippen molar-refractivity contribution in [3.63, 3.8) is 0 Å². The van der Waals surface area contributed by atoms with Gasteiger partial charge in [0.05, 0.1) is 16.8 Å². The molecule has 0 saturated carbocycles.